The third-order valence-corrected chi connectivity index (χ3v) is 5.32. The molecule has 0 N–H and O–H groups in total. The summed E-state index contributed by atoms with van der Waals surface area (Å²) in [6.45, 7) is 4.73. The van der Waals surface area contributed by atoms with E-state index in [-0.39, 0.29) is 5.82 Å². The Morgan fingerprint density at radius 3 is 2.32 bits per heavy atom. The SMILES string of the molecule is CCCCCCCCOc1ccc(C(=O)Oc2ccc(N=Nc3cccc(F)c3)c(C)c2)cc1. The average molecular weight is 463 g/mol. The van der Waals surface area contributed by atoms with Crippen LogP contribution < -0.4 is 9.47 Å². The summed E-state index contributed by atoms with van der Waals surface area (Å²) in [5.41, 5.74) is 2.26. The monoisotopic (exact) mass is 462 g/mol. The molecule has 0 aliphatic rings. The summed E-state index contributed by atoms with van der Waals surface area (Å²) in [7, 11) is 0. The maximum Gasteiger partial charge on any atom is 0.343 e. The topological polar surface area (TPSA) is 60.2 Å². The van der Waals surface area contributed by atoms with Gasteiger partial charge < -0.3 is 9.47 Å². The first kappa shape index (κ1) is 25.1. The van der Waals surface area contributed by atoms with Crippen molar-refractivity contribution in [1.82, 2.24) is 0 Å². The van der Waals surface area contributed by atoms with Crippen LogP contribution in [0, 0.1) is 12.7 Å². The molecule has 6 heteroatoms. The summed E-state index contributed by atoms with van der Waals surface area (Å²) >= 11 is 0. The average Bonchev–Trinajstić information content (AvgIpc) is 2.83. The van der Waals surface area contributed by atoms with Crippen molar-refractivity contribution in [1.29, 1.82) is 0 Å². The maximum absolute atomic E-state index is 13.3. The van der Waals surface area contributed by atoms with E-state index in [1.165, 1.54) is 44.2 Å². The number of hydrogen-bond donors (Lipinski definition) is 0. The Bertz CT molecular complexity index is 1100. The highest BCUT2D eigenvalue weighted by molar-refractivity contribution is 5.91. The summed E-state index contributed by atoms with van der Waals surface area (Å²) in [5.74, 6) is 0.341. The van der Waals surface area contributed by atoms with Gasteiger partial charge in [0.05, 0.1) is 23.5 Å². The fraction of sp³-hybridized carbons (Fsp3) is 0.321. The molecular formula is C28H31FN2O3. The number of azo groups is 1. The zero-order chi connectivity index (χ0) is 24.2. The van der Waals surface area contributed by atoms with Crippen LogP contribution in [0.1, 0.15) is 61.4 Å². The van der Waals surface area contributed by atoms with E-state index >= 15 is 0 Å². The number of esters is 1. The number of ether oxygens (including phenoxy) is 2. The summed E-state index contributed by atoms with van der Waals surface area (Å²) in [6, 6.07) is 18.0. The lowest BCUT2D eigenvalue weighted by molar-refractivity contribution is 0.0734. The van der Waals surface area contributed by atoms with E-state index in [4.69, 9.17) is 9.47 Å². The Balaban J connectivity index is 1.49. The Kier molecular flexibility index (Phi) is 9.77. The van der Waals surface area contributed by atoms with Gasteiger partial charge in [0.25, 0.3) is 0 Å². The number of carbonyl (C=O) groups excluding carboxylic acids is 1. The van der Waals surface area contributed by atoms with Crippen molar-refractivity contribution in [3.05, 3.63) is 83.7 Å². The van der Waals surface area contributed by atoms with Crippen LogP contribution in [0.4, 0.5) is 15.8 Å². The van der Waals surface area contributed by atoms with E-state index in [2.05, 4.69) is 17.2 Å². The molecule has 5 nitrogen and oxygen atoms in total. The molecule has 3 aromatic rings. The minimum absolute atomic E-state index is 0.368. The molecule has 0 amide bonds. The van der Waals surface area contributed by atoms with E-state index in [1.54, 1.807) is 54.6 Å². The van der Waals surface area contributed by atoms with Gasteiger partial charge in [0.15, 0.2) is 0 Å². The molecule has 0 heterocycles. The third kappa shape index (κ3) is 8.10. The number of carbonyl (C=O) groups is 1. The van der Waals surface area contributed by atoms with Crippen LogP contribution in [0.25, 0.3) is 0 Å². The number of benzene rings is 3. The molecule has 0 aliphatic heterocycles. The number of rotatable bonds is 12. The van der Waals surface area contributed by atoms with E-state index in [1.807, 2.05) is 6.92 Å². The Hall–Kier alpha value is -3.54. The van der Waals surface area contributed by atoms with E-state index in [0.29, 0.717) is 29.3 Å². The second kappa shape index (κ2) is 13.2. The Morgan fingerprint density at radius 2 is 1.59 bits per heavy atom. The predicted octanol–water partition coefficient (Wildman–Crippen LogP) is 8.51. The summed E-state index contributed by atoms with van der Waals surface area (Å²) in [5, 5.41) is 8.21. The van der Waals surface area contributed by atoms with Crippen molar-refractivity contribution < 1.29 is 18.7 Å². The van der Waals surface area contributed by atoms with Crippen LogP contribution in [0.15, 0.2) is 77.0 Å². The van der Waals surface area contributed by atoms with Crippen molar-refractivity contribution in [2.45, 2.75) is 52.4 Å². The molecule has 0 saturated carbocycles. The van der Waals surface area contributed by atoms with E-state index in [9.17, 15) is 9.18 Å². The lowest BCUT2D eigenvalue weighted by Gasteiger charge is -2.08. The number of hydrogen-bond acceptors (Lipinski definition) is 5. The van der Waals surface area contributed by atoms with Gasteiger partial charge in [-0.2, -0.15) is 10.2 Å². The largest absolute Gasteiger partial charge is 0.494 e. The first-order valence-corrected chi connectivity index (χ1v) is 11.8. The quantitative estimate of drug-likeness (QED) is 0.117. The third-order valence-electron chi connectivity index (χ3n) is 5.32. The molecule has 3 rings (SSSR count). The van der Waals surface area contributed by atoms with Crippen LogP contribution in [0.5, 0.6) is 11.5 Å². The normalized spacial score (nSPS) is 11.0. The number of nitrogens with zero attached hydrogens (tertiary/aromatic N) is 2. The number of halogens is 1. The molecule has 0 atom stereocenters. The highest BCUT2D eigenvalue weighted by Gasteiger charge is 2.10. The van der Waals surface area contributed by atoms with Gasteiger partial charge >= 0.3 is 5.97 Å². The smallest absolute Gasteiger partial charge is 0.343 e. The molecule has 0 aliphatic carbocycles. The molecular weight excluding hydrogens is 431 g/mol. The number of unbranched alkanes of at least 4 members (excludes halogenated alkanes) is 5. The van der Waals surface area contributed by atoms with Gasteiger partial charge in [-0.1, -0.05) is 45.1 Å². The van der Waals surface area contributed by atoms with Crippen LogP contribution in [0.2, 0.25) is 0 Å². The van der Waals surface area contributed by atoms with Crippen LogP contribution in [-0.4, -0.2) is 12.6 Å². The second-order valence-corrected chi connectivity index (χ2v) is 8.16. The van der Waals surface area contributed by atoms with Gasteiger partial charge in [0.2, 0.25) is 0 Å². The fourth-order valence-corrected chi connectivity index (χ4v) is 3.38. The molecule has 0 aromatic heterocycles. The Labute approximate surface area is 200 Å². The zero-order valence-corrected chi connectivity index (χ0v) is 19.8. The summed E-state index contributed by atoms with van der Waals surface area (Å²) < 4.78 is 24.5. The van der Waals surface area contributed by atoms with Gasteiger partial charge in [0.1, 0.15) is 17.3 Å². The number of aryl methyl sites for hydroxylation is 1. The molecule has 0 saturated heterocycles. The highest BCUT2D eigenvalue weighted by atomic mass is 19.1. The van der Waals surface area contributed by atoms with Gasteiger partial charge in [-0.3, -0.25) is 0 Å². The van der Waals surface area contributed by atoms with Crippen molar-refractivity contribution in [2.75, 3.05) is 6.61 Å². The lowest BCUT2D eigenvalue weighted by Crippen LogP contribution is -2.08. The molecule has 0 spiro atoms. The van der Waals surface area contributed by atoms with Crippen LogP contribution >= 0.6 is 0 Å². The van der Waals surface area contributed by atoms with Crippen molar-refractivity contribution in [3.63, 3.8) is 0 Å². The Morgan fingerprint density at radius 1 is 0.853 bits per heavy atom. The lowest BCUT2D eigenvalue weighted by atomic mass is 10.1. The van der Waals surface area contributed by atoms with Gasteiger partial charge in [-0.05, 0) is 73.5 Å². The molecule has 34 heavy (non-hydrogen) atoms. The minimum Gasteiger partial charge on any atom is -0.494 e. The standard InChI is InChI=1S/C28H31FN2O3/c1-3-4-5-6-7-8-18-33-25-14-12-22(13-15-25)28(32)34-26-16-17-27(21(2)19-26)31-30-24-11-9-10-23(29)20-24/h9-17,19-20H,3-8,18H2,1-2H3. The molecule has 3 aromatic carbocycles. The zero-order valence-electron chi connectivity index (χ0n) is 19.8. The second-order valence-electron chi connectivity index (χ2n) is 8.16. The van der Waals surface area contributed by atoms with Gasteiger partial charge in [-0.25, -0.2) is 9.18 Å². The van der Waals surface area contributed by atoms with Gasteiger partial charge in [-0.15, -0.1) is 0 Å². The fourth-order valence-electron chi connectivity index (χ4n) is 3.38. The molecule has 0 bridgehead atoms. The first-order chi connectivity index (χ1) is 16.5. The summed E-state index contributed by atoms with van der Waals surface area (Å²) in [6.07, 6.45) is 7.29. The molecule has 0 unspecified atom stereocenters. The highest BCUT2D eigenvalue weighted by Crippen LogP contribution is 2.27. The van der Waals surface area contributed by atoms with E-state index < -0.39 is 5.97 Å². The van der Waals surface area contributed by atoms with Crippen molar-refractivity contribution >= 4 is 17.3 Å². The first-order valence-electron chi connectivity index (χ1n) is 11.8. The van der Waals surface area contributed by atoms with Crippen molar-refractivity contribution in [2.24, 2.45) is 10.2 Å². The minimum atomic E-state index is -0.448. The van der Waals surface area contributed by atoms with Crippen molar-refractivity contribution in [3.8, 4) is 11.5 Å². The van der Waals surface area contributed by atoms with E-state index in [0.717, 1.165) is 17.7 Å². The maximum atomic E-state index is 13.3. The molecule has 0 fully saturated rings. The van der Waals surface area contributed by atoms with Gasteiger partial charge in [0, 0.05) is 6.07 Å². The molecule has 0 radical (unpaired) electrons. The molecule has 178 valence electrons. The summed E-state index contributed by atoms with van der Waals surface area (Å²) in [4.78, 5) is 12.5. The van der Waals surface area contributed by atoms with Crippen LogP contribution in [0.3, 0.4) is 0 Å². The predicted molar refractivity (Wildman–Crippen MR) is 132 cm³/mol. The van der Waals surface area contributed by atoms with Crippen LogP contribution in [-0.2, 0) is 0 Å².